The topological polar surface area (TPSA) is 44.8 Å². The lowest BCUT2D eigenvalue weighted by Crippen LogP contribution is -2.53. The SMILES string of the molecule is COCc1ccc(C(=O)NC2CCCN(C3CCN(C)CC3)C2)s1. The van der Waals surface area contributed by atoms with Crippen LogP contribution in [-0.4, -0.2) is 68.1 Å². The number of rotatable bonds is 5. The monoisotopic (exact) mass is 351 g/mol. The lowest BCUT2D eigenvalue weighted by Gasteiger charge is -2.41. The number of nitrogens with zero attached hydrogens (tertiary/aromatic N) is 2. The Morgan fingerprint density at radius 1 is 1.29 bits per heavy atom. The van der Waals surface area contributed by atoms with Gasteiger partial charge in [0.1, 0.15) is 0 Å². The van der Waals surface area contributed by atoms with Gasteiger partial charge in [-0.3, -0.25) is 9.69 Å². The molecule has 1 unspecified atom stereocenters. The van der Waals surface area contributed by atoms with Gasteiger partial charge in [-0.25, -0.2) is 0 Å². The highest BCUT2D eigenvalue weighted by molar-refractivity contribution is 7.14. The highest BCUT2D eigenvalue weighted by Gasteiger charge is 2.29. The second-order valence-corrected chi connectivity index (χ2v) is 8.21. The molecular formula is C18H29N3O2S. The molecule has 0 bridgehead atoms. The summed E-state index contributed by atoms with van der Waals surface area (Å²) >= 11 is 1.53. The molecule has 1 N–H and O–H groups in total. The van der Waals surface area contributed by atoms with Crippen LogP contribution >= 0.6 is 11.3 Å². The van der Waals surface area contributed by atoms with E-state index < -0.39 is 0 Å². The van der Waals surface area contributed by atoms with Gasteiger partial charge in [-0.2, -0.15) is 0 Å². The smallest absolute Gasteiger partial charge is 0.261 e. The lowest BCUT2D eigenvalue weighted by molar-refractivity contribution is 0.0768. The van der Waals surface area contributed by atoms with Crippen molar-refractivity contribution in [3.05, 3.63) is 21.9 Å². The molecule has 3 rings (SSSR count). The van der Waals surface area contributed by atoms with E-state index in [2.05, 4.69) is 22.2 Å². The minimum absolute atomic E-state index is 0.0672. The number of nitrogens with one attached hydrogen (secondary N) is 1. The summed E-state index contributed by atoms with van der Waals surface area (Å²) in [6.07, 6.45) is 4.77. The highest BCUT2D eigenvalue weighted by Crippen LogP contribution is 2.22. The van der Waals surface area contributed by atoms with Crippen LogP contribution in [0.25, 0.3) is 0 Å². The molecule has 1 atom stereocenters. The molecule has 0 aliphatic carbocycles. The first kappa shape index (κ1) is 17.9. The van der Waals surface area contributed by atoms with Crippen LogP contribution in [-0.2, 0) is 11.3 Å². The average Bonchev–Trinajstić information content (AvgIpc) is 3.05. The van der Waals surface area contributed by atoms with Crippen LogP contribution in [0.4, 0.5) is 0 Å². The average molecular weight is 352 g/mol. The number of methoxy groups -OCH3 is 1. The fraction of sp³-hybridized carbons (Fsp3) is 0.722. The first-order valence-corrected chi connectivity index (χ1v) is 9.78. The van der Waals surface area contributed by atoms with Crippen LogP contribution in [0.15, 0.2) is 12.1 Å². The van der Waals surface area contributed by atoms with Gasteiger partial charge in [0.25, 0.3) is 5.91 Å². The largest absolute Gasteiger partial charge is 0.379 e. The first-order chi connectivity index (χ1) is 11.7. The zero-order valence-electron chi connectivity index (χ0n) is 14.8. The van der Waals surface area contributed by atoms with Crippen LogP contribution in [0.5, 0.6) is 0 Å². The highest BCUT2D eigenvalue weighted by atomic mass is 32.1. The summed E-state index contributed by atoms with van der Waals surface area (Å²) in [6.45, 7) is 5.13. The maximum Gasteiger partial charge on any atom is 0.261 e. The van der Waals surface area contributed by atoms with Gasteiger partial charge in [0.15, 0.2) is 0 Å². The van der Waals surface area contributed by atoms with Crippen molar-refractivity contribution >= 4 is 17.2 Å². The van der Waals surface area contributed by atoms with Crippen LogP contribution < -0.4 is 5.32 Å². The number of thiophene rings is 1. The summed E-state index contributed by atoms with van der Waals surface area (Å²) in [6, 6.07) is 4.86. The Morgan fingerprint density at radius 2 is 2.08 bits per heavy atom. The third kappa shape index (κ3) is 4.57. The molecule has 3 heterocycles. The molecule has 2 aliphatic rings. The summed E-state index contributed by atoms with van der Waals surface area (Å²) in [5.41, 5.74) is 0. The molecule has 1 aromatic rings. The number of piperidine rings is 2. The molecule has 6 heteroatoms. The fourth-order valence-corrected chi connectivity index (χ4v) is 4.68. The van der Waals surface area contributed by atoms with Gasteiger partial charge in [0, 0.05) is 30.6 Å². The Kier molecular flexibility index (Phi) is 6.27. The predicted octanol–water partition coefficient (Wildman–Crippen LogP) is 2.18. The van der Waals surface area contributed by atoms with E-state index in [1.54, 1.807) is 7.11 Å². The van der Waals surface area contributed by atoms with Crippen molar-refractivity contribution in [2.24, 2.45) is 0 Å². The van der Waals surface area contributed by atoms with E-state index in [0.717, 1.165) is 22.7 Å². The van der Waals surface area contributed by atoms with E-state index in [9.17, 15) is 4.79 Å². The van der Waals surface area contributed by atoms with E-state index in [0.29, 0.717) is 12.6 Å². The van der Waals surface area contributed by atoms with Crippen molar-refractivity contribution in [2.45, 2.75) is 44.4 Å². The molecule has 0 spiro atoms. The molecule has 0 saturated carbocycles. The minimum atomic E-state index is 0.0672. The van der Waals surface area contributed by atoms with E-state index >= 15 is 0 Å². The van der Waals surface area contributed by atoms with Gasteiger partial charge in [-0.15, -0.1) is 11.3 Å². The summed E-state index contributed by atoms with van der Waals surface area (Å²) < 4.78 is 5.13. The van der Waals surface area contributed by atoms with Gasteiger partial charge in [0.2, 0.25) is 0 Å². The molecule has 134 valence electrons. The maximum absolute atomic E-state index is 12.5. The van der Waals surface area contributed by atoms with Crippen molar-refractivity contribution in [1.82, 2.24) is 15.1 Å². The zero-order valence-corrected chi connectivity index (χ0v) is 15.6. The number of likely N-dealkylation sites (tertiary alicyclic amines) is 2. The number of amides is 1. The minimum Gasteiger partial charge on any atom is -0.379 e. The Morgan fingerprint density at radius 3 is 2.83 bits per heavy atom. The lowest BCUT2D eigenvalue weighted by atomic mass is 9.98. The number of hydrogen-bond acceptors (Lipinski definition) is 5. The van der Waals surface area contributed by atoms with Gasteiger partial charge in [0.05, 0.1) is 11.5 Å². The number of hydrogen-bond donors (Lipinski definition) is 1. The van der Waals surface area contributed by atoms with Crippen LogP contribution in [0.1, 0.15) is 40.2 Å². The zero-order chi connectivity index (χ0) is 16.9. The Hall–Kier alpha value is -0.950. The van der Waals surface area contributed by atoms with Gasteiger partial charge in [-0.05, 0) is 64.5 Å². The van der Waals surface area contributed by atoms with E-state index in [4.69, 9.17) is 4.74 Å². The molecule has 1 amide bonds. The van der Waals surface area contributed by atoms with Crippen molar-refractivity contribution in [3.63, 3.8) is 0 Å². The summed E-state index contributed by atoms with van der Waals surface area (Å²) in [5, 5.41) is 3.25. The van der Waals surface area contributed by atoms with E-state index in [-0.39, 0.29) is 11.9 Å². The second kappa shape index (κ2) is 8.43. The Bertz CT molecular complexity index is 540. The van der Waals surface area contributed by atoms with Gasteiger partial charge >= 0.3 is 0 Å². The predicted molar refractivity (Wildman–Crippen MR) is 97.6 cm³/mol. The second-order valence-electron chi connectivity index (χ2n) is 7.04. The third-order valence-electron chi connectivity index (χ3n) is 5.16. The molecule has 0 radical (unpaired) electrons. The van der Waals surface area contributed by atoms with Crippen molar-refractivity contribution in [1.29, 1.82) is 0 Å². The van der Waals surface area contributed by atoms with Crippen LogP contribution in [0.2, 0.25) is 0 Å². The van der Waals surface area contributed by atoms with Gasteiger partial charge < -0.3 is 15.0 Å². The summed E-state index contributed by atoms with van der Waals surface area (Å²) in [7, 11) is 3.88. The van der Waals surface area contributed by atoms with E-state index in [1.807, 2.05) is 12.1 Å². The molecule has 2 aliphatic heterocycles. The molecule has 24 heavy (non-hydrogen) atoms. The van der Waals surface area contributed by atoms with Crippen LogP contribution in [0.3, 0.4) is 0 Å². The number of carbonyl (C=O) groups excluding carboxylic acids is 1. The fourth-order valence-electron chi connectivity index (χ4n) is 3.79. The van der Waals surface area contributed by atoms with Crippen molar-refractivity contribution < 1.29 is 9.53 Å². The quantitative estimate of drug-likeness (QED) is 0.883. The molecule has 5 nitrogen and oxygen atoms in total. The third-order valence-corrected chi connectivity index (χ3v) is 6.22. The Labute approximate surface area is 149 Å². The van der Waals surface area contributed by atoms with E-state index in [1.165, 1.54) is 50.2 Å². The summed E-state index contributed by atoms with van der Waals surface area (Å²) in [4.78, 5) is 19.4. The normalized spacial score (nSPS) is 24.2. The number of ether oxygens (including phenoxy) is 1. The van der Waals surface area contributed by atoms with Crippen molar-refractivity contribution in [3.8, 4) is 0 Å². The first-order valence-electron chi connectivity index (χ1n) is 8.97. The van der Waals surface area contributed by atoms with Crippen LogP contribution in [0, 0.1) is 0 Å². The summed E-state index contributed by atoms with van der Waals surface area (Å²) in [5.74, 6) is 0.0672. The van der Waals surface area contributed by atoms with Crippen molar-refractivity contribution in [2.75, 3.05) is 40.3 Å². The molecule has 2 saturated heterocycles. The standard InChI is InChI=1S/C18H29N3O2S/c1-20-10-7-15(8-11-20)21-9-3-4-14(12-21)19-18(22)17-6-5-16(24-17)13-23-2/h5-6,14-15H,3-4,7-13H2,1-2H3,(H,19,22). The molecule has 1 aromatic heterocycles. The Balaban J connectivity index is 1.51. The number of carbonyl (C=O) groups is 1. The maximum atomic E-state index is 12.5. The molecule has 2 fully saturated rings. The molecule has 0 aromatic carbocycles. The molecular weight excluding hydrogens is 322 g/mol. The van der Waals surface area contributed by atoms with Gasteiger partial charge in [-0.1, -0.05) is 0 Å².